The lowest BCUT2D eigenvalue weighted by atomic mass is 9.81. The summed E-state index contributed by atoms with van der Waals surface area (Å²) in [6, 6.07) is 11.9. The first kappa shape index (κ1) is 21.6. The number of esters is 1. The number of carbonyl (C=O) groups excluding carboxylic acids is 3. The quantitative estimate of drug-likeness (QED) is 0.508. The van der Waals surface area contributed by atoms with Gasteiger partial charge in [0.1, 0.15) is 24.7 Å². The summed E-state index contributed by atoms with van der Waals surface area (Å²) >= 11 is 0. The van der Waals surface area contributed by atoms with E-state index >= 15 is 0 Å². The molecular formula is C25H24FNO6. The molecule has 7 nitrogen and oxygen atoms in total. The van der Waals surface area contributed by atoms with Crippen LogP contribution in [0.3, 0.4) is 0 Å². The van der Waals surface area contributed by atoms with Crippen LogP contribution in [0, 0.1) is 17.7 Å². The van der Waals surface area contributed by atoms with Crippen molar-refractivity contribution in [1.82, 2.24) is 4.90 Å². The molecule has 0 bridgehead atoms. The maximum Gasteiger partial charge on any atom is 0.326 e. The number of carbonyl (C=O) groups is 3. The number of likely N-dealkylation sites (tertiary alicyclic amines) is 1. The lowest BCUT2D eigenvalue weighted by Gasteiger charge is -2.28. The fraction of sp³-hybridized carbons (Fsp3) is 0.400. The Morgan fingerprint density at radius 2 is 1.76 bits per heavy atom. The Morgan fingerprint density at radius 3 is 2.45 bits per heavy atom. The van der Waals surface area contributed by atoms with E-state index in [4.69, 9.17) is 14.2 Å². The smallest absolute Gasteiger partial charge is 0.326 e. The standard InChI is InChI=1S/C25H24FNO6/c26-18-10-16(22-17(11-18)14-32-25(33-22)15-6-2-1-3-7-15)13-31-21(28)12-27-23(29)19-8-4-5-9-20(19)24(27)30/h1-3,6-7,10-11,19-20,25H,4-5,8-9,12-14H2/t19-,20-,25+/m1/s1. The van der Waals surface area contributed by atoms with E-state index in [2.05, 4.69) is 0 Å². The van der Waals surface area contributed by atoms with Gasteiger partial charge in [-0.2, -0.15) is 0 Å². The van der Waals surface area contributed by atoms with E-state index in [0.29, 0.717) is 29.7 Å². The third-order valence-corrected chi connectivity index (χ3v) is 6.50. The van der Waals surface area contributed by atoms with Crippen molar-refractivity contribution in [2.75, 3.05) is 6.54 Å². The summed E-state index contributed by atoms with van der Waals surface area (Å²) in [6.07, 6.45) is 2.52. The third-order valence-electron chi connectivity index (χ3n) is 6.50. The Kier molecular flexibility index (Phi) is 5.85. The number of amides is 2. The molecular weight excluding hydrogens is 429 g/mol. The molecule has 1 aliphatic carbocycles. The summed E-state index contributed by atoms with van der Waals surface area (Å²) in [4.78, 5) is 38.7. The van der Waals surface area contributed by atoms with E-state index in [1.165, 1.54) is 12.1 Å². The Labute approximate surface area is 190 Å². The highest BCUT2D eigenvalue weighted by atomic mass is 19.1. The Balaban J connectivity index is 1.27. The van der Waals surface area contributed by atoms with Crippen LogP contribution < -0.4 is 4.74 Å². The van der Waals surface area contributed by atoms with Crippen molar-refractivity contribution in [3.63, 3.8) is 0 Å². The zero-order chi connectivity index (χ0) is 22.9. The van der Waals surface area contributed by atoms with Gasteiger partial charge in [-0.1, -0.05) is 43.2 Å². The number of rotatable bonds is 5. The van der Waals surface area contributed by atoms with Crippen LogP contribution in [0.5, 0.6) is 5.75 Å². The number of nitrogens with zero attached hydrogens (tertiary/aromatic N) is 1. The average molecular weight is 453 g/mol. The second-order valence-electron chi connectivity index (χ2n) is 8.65. The zero-order valence-corrected chi connectivity index (χ0v) is 18.0. The molecule has 2 aromatic rings. The predicted octanol–water partition coefficient (Wildman–Crippen LogP) is 3.65. The van der Waals surface area contributed by atoms with Gasteiger partial charge in [-0.25, -0.2) is 4.39 Å². The van der Waals surface area contributed by atoms with Crippen molar-refractivity contribution < 1.29 is 33.0 Å². The molecule has 8 heteroatoms. The van der Waals surface area contributed by atoms with Crippen molar-refractivity contribution in [3.05, 3.63) is 65.0 Å². The van der Waals surface area contributed by atoms with Crippen molar-refractivity contribution >= 4 is 17.8 Å². The van der Waals surface area contributed by atoms with Gasteiger partial charge in [0.2, 0.25) is 18.1 Å². The highest BCUT2D eigenvalue weighted by molar-refractivity contribution is 6.07. The van der Waals surface area contributed by atoms with Crippen molar-refractivity contribution in [1.29, 1.82) is 0 Å². The molecule has 0 radical (unpaired) electrons. The molecule has 3 atom stereocenters. The summed E-state index contributed by atoms with van der Waals surface area (Å²) in [5.74, 6) is -2.05. The molecule has 1 saturated heterocycles. The normalized spacial score (nSPS) is 24.2. The first-order valence-electron chi connectivity index (χ1n) is 11.2. The number of ether oxygens (including phenoxy) is 3. The fourth-order valence-corrected chi connectivity index (χ4v) is 4.88. The van der Waals surface area contributed by atoms with Crippen LogP contribution in [-0.4, -0.2) is 29.2 Å². The molecule has 3 aliphatic rings. The van der Waals surface area contributed by atoms with Crippen molar-refractivity contribution in [3.8, 4) is 5.75 Å². The molecule has 0 aromatic heterocycles. The van der Waals surface area contributed by atoms with Gasteiger partial charge in [0, 0.05) is 16.7 Å². The van der Waals surface area contributed by atoms with E-state index in [-0.39, 0.29) is 36.9 Å². The largest absolute Gasteiger partial charge is 0.460 e. The maximum atomic E-state index is 14.2. The lowest BCUT2D eigenvalue weighted by Crippen LogP contribution is -2.36. The SMILES string of the molecule is O=C(CN1C(=O)[C@@H]2CCCC[C@H]2C1=O)OCc1cc(F)cc2c1O[C@@H](c1ccccc1)OC2. The van der Waals surface area contributed by atoms with Crippen LogP contribution in [0.1, 0.15) is 48.7 Å². The van der Waals surface area contributed by atoms with Crippen LogP contribution in [0.2, 0.25) is 0 Å². The number of hydrogen-bond acceptors (Lipinski definition) is 6. The molecule has 2 amide bonds. The molecule has 33 heavy (non-hydrogen) atoms. The van der Waals surface area contributed by atoms with Gasteiger partial charge in [-0.05, 0) is 25.0 Å². The third kappa shape index (κ3) is 4.23. The molecule has 2 fully saturated rings. The second kappa shape index (κ2) is 8.94. The summed E-state index contributed by atoms with van der Waals surface area (Å²) < 4.78 is 31.2. The minimum absolute atomic E-state index is 0.146. The van der Waals surface area contributed by atoms with Gasteiger partial charge in [0.15, 0.2) is 0 Å². The Morgan fingerprint density at radius 1 is 1.06 bits per heavy atom. The minimum atomic E-state index is -0.722. The first-order valence-corrected chi connectivity index (χ1v) is 11.2. The lowest BCUT2D eigenvalue weighted by molar-refractivity contribution is -0.154. The molecule has 2 heterocycles. The van der Waals surface area contributed by atoms with E-state index in [1.54, 1.807) is 0 Å². The second-order valence-corrected chi connectivity index (χ2v) is 8.65. The summed E-state index contributed by atoms with van der Waals surface area (Å²) in [6.45, 7) is -0.532. The molecule has 5 rings (SSSR count). The van der Waals surface area contributed by atoms with Crippen molar-refractivity contribution in [2.24, 2.45) is 11.8 Å². The van der Waals surface area contributed by atoms with Gasteiger partial charge in [-0.3, -0.25) is 19.3 Å². The molecule has 172 valence electrons. The fourth-order valence-electron chi connectivity index (χ4n) is 4.88. The van der Waals surface area contributed by atoms with Gasteiger partial charge >= 0.3 is 5.97 Å². The van der Waals surface area contributed by atoms with E-state index in [0.717, 1.165) is 23.3 Å². The number of imide groups is 1. The highest BCUT2D eigenvalue weighted by Crippen LogP contribution is 2.39. The number of benzene rings is 2. The predicted molar refractivity (Wildman–Crippen MR) is 113 cm³/mol. The van der Waals surface area contributed by atoms with Gasteiger partial charge in [-0.15, -0.1) is 0 Å². The molecule has 1 saturated carbocycles. The van der Waals surface area contributed by atoms with E-state index in [1.807, 2.05) is 30.3 Å². The minimum Gasteiger partial charge on any atom is -0.460 e. The van der Waals surface area contributed by atoms with Crippen LogP contribution >= 0.6 is 0 Å². The van der Waals surface area contributed by atoms with Crippen LogP contribution in [-0.2, 0) is 37.1 Å². The molecule has 2 aromatic carbocycles. The first-order chi connectivity index (χ1) is 16.0. The highest BCUT2D eigenvalue weighted by Gasteiger charge is 2.48. The monoisotopic (exact) mass is 453 g/mol. The topological polar surface area (TPSA) is 82.1 Å². The van der Waals surface area contributed by atoms with Crippen LogP contribution in [0.15, 0.2) is 42.5 Å². The summed E-state index contributed by atoms with van der Waals surface area (Å²) in [7, 11) is 0. The molecule has 2 aliphatic heterocycles. The summed E-state index contributed by atoms with van der Waals surface area (Å²) in [5.41, 5.74) is 1.68. The van der Waals surface area contributed by atoms with Gasteiger partial charge in [0.25, 0.3) is 0 Å². The Hall–Kier alpha value is -3.26. The van der Waals surface area contributed by atoms with Gasteiger partial charge in [0.05, 0.1) is 18.4 Å². The Bertz CT molecular complexity index is 1060. The molecule has 0 spiro atoms. The number of hydrogen-bond donors (Lipinski definition) is 0. The van der Waals surface area contributed by atoms with Crippen LogP contribution in [0.4, 0.5) is 4.39 Å². The van der Waals surface area contributed by atoms with E-state index < -0.39 is 24.6 Å². The van der Waals surface area contributed by atoms with Crippen molar-refractivity contribution in [2.45, 2.75) is 45.2 Å². The molecule has 0 unspecified atom stereocenters. The van der Waals surface area contributed by atoms with Crippen LogP contribution in [0.25, 0.3) is 0 Å². The number of fused-ring (bicyclic) bond motifs is 2. The van der Waals surface area contributed by atoms with E-state index in [9.17, 15) is 18.8 Å². The average Bonchev–Trinajstić information content (AvgIpc) is 3.07. The zero-order valence-electron chi connectivity index (χ0n) is 18.0. The summed E-state index contributed by atoms with van der Waals surface area (Å²) in [5, 5.41) is 0. The maximum absolute atomic E-state index is 14.2. The van der Waals surface area contributed by atoms with Gasteiger partial charge < -0.3 is 14.2 Å². The number of halogens is 1. The molecule has 0 N–H and O–H groups in total.